The molecule has 0 radical (unpaired) electrons. The Bertz CT molecular complexity index is 1350. The number of piperazine rings is 1. The molecule has 0 atom stereocenters. The van der Waals surface area contributed by atoms with Crippen LogP contribution in [0.25, 0.3) is 11.0 Å². The Morgan fingerprint density at radius 1 is 1.00 bits per heavy atom. The molecule has 1 saturated heterocycles. The highest BCUT2D eigenvalue weighted by Gasteiger charge is 2.26. The number of H-pyrrole nitrogens is 1. The molecule has 3 amide bonds. The van der Waals surface area contributed by atoms with E-state index in [0.717, 1.165) is 5.39 Å². The van der Waals surface area contributed by atoms with Crippen LogP contribution in [0.1, 0.15) is 10.5 Å². The first-order valence-electron chi connectivity index (χ1n) is 11.2. The smallest absolute Gasteiger partial charge is 0.324 e. The summed E-state index contributed by atoms with van der Waals surface area (Å²) in [6, 6.07) is 16.7. The second-order valence-electron chi connectivity index (χ2n) is 8.25. The number of carbonyl (C=O) groups excluding carboxylic acids is 2. The molecular weight excluding hydrogens is 449 g/mol. The van der Waals surface area contributed by atoms with Crippen molar-refractivity contribution in [3.05, 3.63) is 78.5 Å². The van der Waals surface area contributed by atoms with Gasteiger partial charge in [0.2, 0.25) is 0 Å². The largest absolute Gasteiger partial charge is 0.352 e. The number of fused-ring (bicyclic) bond motifs is 1. The summed E-state index contributed by atoms with van der Waals surface area (Å²) < 4.78 is 13.2. The van der Waals surface area contributed by atoms with Gasteiger partial charge in [-0.15, -0.1) is 0 Å². The number of anilines is 3. The summed E-state index contributed by atoms with van der Waals surface area (Å²) in [5, 5.41) is 3.61. The minimum atomic E-state index is -0.343. The maximum Gasteiger partial charge on any atom is 0.324 e. The number of halogens is 1. The van der Waals surface area contributed by atoms with E-state index in [2.05, 4.69) is 25.2 Å². The normalized spacial score (nSPS) is 13.7. The molecule has 0 unspecified atom stereocenters. The molecule has 1 aliphatic rings. The molecule has 9 nitrogen and oxygen atoms in total. The zero-order valence-electron chi connectivity index (χ0n) is 19.1. The third-order valence-electron chi connectivity index (χ3n) is 6.03. The van der Waals surface area contributed by atoms with E-state index in [1.165, 1.54) is 23.4 Å². The predicted octanol–water partition coefficient (Wildman–Crippen LogP) is 3.73. The Hall–Kier alpha value is -4.47. The first-order chi connectivity index (χ1) is 17.0. The Kier molecular flexibility index (Phi) is 6.01. The summed E-state index contributed by atoms with van der Waals surface area (Å²) in [6.45, 7) is 2.15. The molecule has 178 valence electrons. The van der Waals surface area contributed by atoms with Crippen molar-refractivity contribution in [3.63, 3.8) is 0 Å². The number of nitrogens with zero attached hydrogens (tertiary/aromatic N) is 5. The Morgan fingerprint density at radius 3 is 2.43 bits per heavy atom. The van der Waals surface area contributed by atoms with Crippen molar-refractivity contribution in [2.24, 2.45) is 0 Å². The lowest BCUT2D eigenvalue weighted by Gasteiger charge is -2.37. The van der Waals surface area contributed by atoms with Crippen LogP contribution in [0.2, 0.25) is 0 Å². The lowest BCUT2D eigenvalue weighted by atomic mass is 10.2. The average Bonchev–Trinajstić information content (AvgIpc) is 3.34. The second-order valence-corrected chi connectivity index (χ2v) is 8.25. The summed E-state index contributed by atoms with van der Waals surface area (Å²) in [7, 11) is 1.68. The zero-order valence-corrected chi connectivity index (χ0v) is 19.1. The van der Waals surface area contributed by atoms with Crippen LogP contribution in [-0.2, 0) is 0 Å². The highest BCUT2D eigenvalue weighted by atomic mass is 19.1. The highest BCUT2D eigenvalue weighted by molar-refractivity contribution is 6.06. The minimum Gasteiger partial charge on any atom is -0.352 e. The van der Waals surface area contributed by atoms with Gasteiger partial charge in [0.1, 0.15) is 29.3 Å². The van der Waals surface area contributed by atoms with Crippen LogP contribution in [0.5, 0.6) is 0 Å². The first kappa shape index (κ1) is 22.3. The molecule has 2 aromatic carbocycles. The third kappa shape index (κ3) is 4.63. The SMILES string of the molecule is CN(C(=O)N1CCN(c2ncnc3[nH]c(C(=O)Nc4ccccc4)cc23)CC1)c1ccc(F)cc1. The first-order valence-corrected chi connectivity index (χ1v) is 11.2. The van der Waals surface area contributed by atoms with Gasteiger partial charge in [-0.1, -0.05) is 18.2 Å². The minimum absolute atomic E-state index is 0.148. The topological polar surface area (TPSA) is 97.5 Å². The summed E-state index contributed by atoms with van der Waals surface area (Å²) >= 11 is 0. The fourth-order valence-corrected chi connectivity index (χ4v) is 4.12. The Labute approximate surface area is 201 Å². The number of hydrogen-bond acceptors (Lipinski definition) is 5. The summed E-state index contributed by atoms with van der Waals surface area (Å²) in [5.41, 5.74) is 2.29. The van der Waals surface area contributed by atoms with E-state index < -0.39 is 0 Å². The Morgan fingerprint density at radius 2 is 1.71 bits per heavy atom. The van der Waals surface area contributed by atoms with Gasteiger partial charge in [-0.2, -0.15) is 0 Å². The summed E-state index contributed by atoms with van der Waals surface area (Å²) in [4.78, 5) is 42.8. The van der Waals surface area contributed by atoms with Gasteiger partial charge in [0.25, 0.3) is 5.91 Å². The number of nitrogens with one attached hydrogen (secondary N) is 2. The van der Waals surface area contributed by atoms with Crippen LogP contribution < -0.4 is 15.1 Å². The second kappa shape index (κ2) is 9.41. The van der Waals surface area contributed by atoms with Crippen LogP contribution in [0.3, 0.4) is 0 Å². The maximum absolute atomic E-state index is 13.2. The lowest BCUT2D eigenvalue weighted by molar-refractivity contribution is 0.102. The lowest BCUT2D eigenvalue weighted by Crippen LogP contribution is -2.52. The monoisotopic (exact) mass is 473 g/mol. The van der Waals surface area contributed by atoms with Gasteiger partial charge in [0.15, 0.2) is 0 Å². The van der Waals surface area contributed by atoms with Gasteiger partial charge >= 0.3 is 6.03 Å². The average molecular weight is 474 g/mol. The van der Waals surface area contributed by atoms with Crippen molar-refractivity contribution >= 4 is 40.2 Å². The molecule has 2 N–H and O–H groups in total. The van der Waals surface area contributed by atoms with E-state index in [9.17, 15) is 14.0 Å². The van der Waals surface area contributed by atoms with Gasteiger partial charge in [-0.25, -0.2) is 19.2 Å². The van der Waals surface area contributed by atoms with E-state index in [0.29, 0.717) is 54.7 Å². The molecule has 1 fully saturated rings. The number of aromatic nitrogens is 3. The fourth-order valence-electron chi connectivity index (χ4n) is 4.12. The molecule has 0 spiro atoms. The Balaban J connectivity index is 1.28. The molecule has 0 saturated carbocycles. The van der Waals surface area contributed by atoms with Crippen molar-refractivity contribution in [1.82, 2.24) is 19.9 Å². The van der Waals surface area contributed by atoms with E-state index in [1.54, 1.807) is 30.1 Å². The van der Waals surface area contributed by atoms with Crippen LogP contribution in [0.15, 0.2) is 67.0 Å². The highest BCUT2D eigenvalue weighted by Crippen LogP contribution is 2.26. The molecule has 0 bridgehead atoms. The number of carbonyl (C=O) groups is 2. The summed E-state index contributed by atoms with van der Waals surface area (Å²) in [5.74, 6) is 0.105. The van der Waals surface area contributed by atoms with E-state index in [1.807, 2.05) is 30.3 Å². The van der Waals surface area contributed by atoms with E-state index in [4.69, 9.17) is 0 Å². The number of hydrogen-bond donors (Lipinski definition) is 2. The van der Waals surface area contributed by atoms with Crippen LogP contribution in [0.4, 0.5) is 26.4 Å². The van der Waals surface area contributed by atoms with Crippen LogP contribution >= 0.6 is 0 Å². The molecule has 0 aliphatic carbocycles. The van der Waals surface area contributed by atoms with Gasteiger partial charge in [-0.05, 0) is 42.5 Å². The molecule has 35 heavy (non-hydrogen) atoms. The molecule has 4 aromatic rings. The van der Waals surface area contributed by atoms with Gasteiger partial charge in [0.05, 0.1) is 5.39 Å². The quantitative estimate of drug-likeness (QED) is 0.471. The molecule has 2 aromatic heterocycles. The molecule has 5 rings (SSSR count). The van der Waals surface area contributed by atoms with Crippen molar-refractivity contribution in [1.29, 1.82) is 0 Å². The van der Waals surface area contributed by atoms with Crippen molar-refractivity contribution in [2.45, 2.75) is 0 Å². The van der Waals surface area contributed by atoms with Gasteiger partial charge in [-0.3, -0.25) is 9.69 Å². The predicted molar refractivity (Wildman–Crippen MR) is 132 cm³/mol. The molecule has 10 heteroatoms. The fraction of sp³-hybridized carbons (Fsp3) is 0.200. The molecular formula is C25H24FN7O2. The maximum atomic E-state index is 13.2. The van der Waals surface area contributed by atoms with E-state index >= 15 is 0 Å². The zero-order chi connectivity index (χ0) is 24.4. The molecule has 1 aliphatic heterocycles. The standard InChI is InChI=1S/C25H24FN7O2/c1-31(19-9-7-17(26)8-10-19)25(35)33-13-11-32(12-14-33)23-20-15-21(30-22(20)27-16-28-23)24(34)29-18-5-3-2-4-6-18/h2-10,15-16H,11-14H2,1H3,(H,29,34)(H,27,28,30). The van der Waals surface area contributed by atoms with Gasteiger partial charge in [0, 0.05) is 44.6 Å². The van der Waals surface area contributed by atoms with Crippen molar-refractivity contribution in [3.8, 4) is 0 Å². The third-order valence-corrected chi connectivity index (χ3v) is 6.03. The number of rotatable bonds is 4. The number of aromatic amines is 1. The number of amides is 3. The summed E-state index contributed by atoms with van der Waals surface area (Å²) in [6.07, 6.45) is 1.47. The number of para-hydroxylation sites is 1. The molecule has 3 heterocycles. The van der Waals surface area contributed by atoms with Crippen LogP contribution in [0, 0.1) is 5.82 Å². The number of urea groups is 1. The van der Waals surface area contributed by atoms with E-state index in [-0.39, 0.29) is 17.8 Å². The van der Waals surface area contributed by atoms with Crippen LogP contribution in [-0.4, -0.2) is 65.0 Å². The number of benzene rings is 2. The van der Waals surface area contributed by atoms with Gasteiger partial charge < -0.3 is 20.1 Å². The van der Waals surface area contributed by atoms with Crippen molar-refractivity contribution < 1.29 is 14.0 Å². The van der Waals surface area contributed by atoms with Crippen molar-refractivity contribution in [2.75, 3.05) is 48.3 Å².